The number of amides is 4. The minimum atomic E-state index is -1.49. The van der Waals surface area contributed by atoms with Gasteiger partial charge in [0.2, 0.25) is 11.8 Å². The van der Waals surface area contributed by atoms with Gasteiger partial charge in [0, 0.05) is 13.1 Å². The summed E-state index contributed by atoms with van der Waals surface area (Å²) in [6, 6.07) is 0.539. The highest BCUT2D eigenvalue weighted by Gasteiger charge is 2.48. The molecule has 2 aliphatic heterocycles. The van der Waals surface area contributed by atoms with Crippen LogP contribution in [-0.4, -0.2) is 61.0 Å². The quantitative estimate of drug-likeness (QED) is 0.171. The molecule has 3 aliphatic rings. The first-order chi connectivity index (χ1) is 16.3. The van der Waals surface area contributed by atoms with E-state index in [1.54, 1.807) is 0 Å². The van der Waals surface area contributed by atoms with Crippen molar-refractivity contribution in [1.82, 2.24) is 9.80 Å². The van der Waals surface area contributed by atoms with Crippen molar-refractivity contribution in [3.8, 4) is 0 Å². The predicted molar refractivity (Wildman–Crippen MR) is 143 cm³/mol. The molecule has 0 N–H and O–H groups in total. The molecule has 35 heavy (non-hydrogen) atoms. The summed E-state index contributed by atoms with van der Waals surface area (Å²) in [4.78, 5) is 40.6. The maximum Gasteiger partial charge on any atom is 0.333 e. The Hall–Kier alpha value is -1.47. The van der Waals surface area contributed by atoms with Gasteiger partial charge in [-0.15, -0.1) is 12.3 Å². The Morgan fingerprint density at radius 2 is 1.57 bits per heavy atom. The maximum atomic E-state index is 13.0. The summed E-state index contributed by atoms with van der Waals surface area (Å²) in [6.07, 6.45) is 9.48. The minimum absolute atomic E-state index is 0.0732. The van der Waals surface area contributed by atoms with E-state index in [2.05, 4.69) is 47.4 Å². The zero-order chi connectivity index (χ0) is 26.0. The van der Waals surface area contributed by atoms with Gasteiger partial charge in [0.1, 0.15) is 6.42 Å². The molecule has 1 saturated carbocycles. The van der Waals surface area contributed by atoms with E-state index >= 15 is 0 Å². The van der Waals surface area contributed by atoms with Crippen LogP contribution in [0, 0.1) is 16.7 Å². The van der Waals surface area contributed by atoms with Crippen LogP contribution in [0.2, 0.25) is 19.1 Å². The van der Waals surface area contributed by atoms with Gasteiger partial charge in [-0.25, -0.2) is 4.79 Å². The first-order valence-corrected chi connectivity index (χ1v) is 17.0. The smallest absolute Gasteiger partial charge is 0.333 e. The highest BCUT2D eigenvalue weighted by molar-refractivity contribution is 6.82. The van der Waals surface area contributed by atoms with Gasteiger partial charge >= 0.3 is 6.03 Å². The third-order valence-corrected chi connectivity index (χ3v) is 12.2. The minimum Gasteiger partial charge on any atom is -0.369 e. The van der Waals surface area contributed by atoms with Crippen LogP contribution in [-0.2, 0) is 14.3 Å². The lowest BCUT2D eigenvalue weighted by molar-refractivity contribution is -0.142. The van der Waals surface area contributed by atoms with Crippen molar-refractivity contribution >= 4 is 25.9 Å². The number of hydrogen-bond acceptors (Lipinski definition) is 4. The summed E-state index contributed by atoms with van der Waals surface area (Å²) in [7, 11) is -1.49. The van der Waals surface area contributed by atoms with Crippen molar-refractivity contribution < 1.29 is 19.1 Å². The van der Waals surface area contributed by atoms with Gasteiger partial charge in [0.15, 0.2) is 0 Å². The van der Waals surface area contributed by atoms with Gasteiger partial charge in [-0.3, -0.25) is 19.4 Å². The molecule has 7 heteroatoms. The largest absolute Gasteiger partial charge is 0.369 e. The van der Waals surface area contributed by atoms with Crippen LogP contribution < -0.4 is 0 Å². The number of hydrogen-bond donors (Lipinski definition) is 0. The molecule has 3 unspecified atom stereocenters. The number of nitrogens with zero attached hydrogens (tertiary/aromatic N) is 2. The first-order valence-electron chi connectivity index (χ1n) is 13.7. The number of epoxide rings is 1. The predicted octanol–water partition coefficient (Wildman–Crippen LogP) is 6.17. The fourth-order valence-electron chi connectivity index (χ4n) is 5.67. The molecular formula is C28H48N2O4Si. The summed E-state index contributed by atoms with van der Waals surface area (Å²) in [5, 5.41) is 0. The second-order valence-electron chi connectivity index (χ2n) is 13.1. The molecule has 198 valence electrons. The van der Waals surface area contributed by atoms with E-state index in [-0.39, 0.29) is 29.1 Å². The molecule has 0 spiro atoms. The average Bonchev–Trinajstić information content (AvgIpc) is 3.57. The van der Waals surface area contributed by atoms with E-state index in [4.69, 9.17) is 4.74 Å². The fraction of sp³-hybridized carbons (Fsp3) is 0.821. The summed E-state index contributed by atoms with van der Waals surface area (Å²) < 4.78 is 5.86. The molecule has 6 nitrogen and oxygen atoms in total. The van der Waals surface area contributed by atoms with Gasteiger partial charge in [-0.05, 0) is 61.7 Å². The summed E-state index contributed by atoms with van der Waals surface area (Å²) in [6.45, 7) is 18.5. The third-order valence-electron chi connectivity index (χ3n) is 9.43. The van der Waals surface area contributed by atoms with Crippen LogP contribution >= 0.6 is 0 Å². The zero-order valence-electron chi connectivity index (χ0n) is 23.0. The Balaban J connectivity index is 1.49. The third kappa shape index (κ3) is 6.85. The molecule has 3 atom stereocenters. The van der Waals surface area contributed by atoms with Crippen molar-refractivity contribution in [1.29, 1.82) is 0 Å². The molecule has 1 aliphatic carbocycles. The molecule has 3 fully saturated rings. The summed E-state index contributed by atoms with van der Waals surface area (Å²) in [5.74, 6) is -0.0126. The molecule has 4 amide bonds. The van der Waals surface area contributed by atoms with E-state index in [0.29, 0.717) is 31.2 Å². The van der Waals surface area contributed by atoms with E-state index in [1.165, 1.54) is 35.5 Å². The van der Waals surface area contributed by atoms with Crippen LogP contribution in [0.25, 0.3) is 0 Å². The fourth-order valence-corrected chi connectivity index (χ4v) is 6.95. The van der Waals surface area contributed by atoms with Crippen molar-refractivity contribution in [2.75, 3.05) is 13.1 Å². The Labute approximate surface area is 213 Å². The van der Waals surface area contributed by atoms with Crippen molar-refractivity contribution in [2.24, 2.45) is 16.7 Å². The monoisotopic (exact) mass is 504 g/mol. The van der Waals surface area contributed by atoms with Gasteiger partial charge < -0.3 is 4.74 Å². The van der Waals surface area contributed by atoms with Gasteiger partial charge in [-0.2, -0.15) is 0 Å². The second kappa shape index (κ2) is 10.9. The van der Waals surface area contributed by atoms with Crippen LogP contribution in [0.1, 0.15) is 85.5 Å². The summed E-state index contributed by atoms with van der Waals surface area (Å²) in [5.41, 5.74) is 2.26. The molecule has 3 rings (SSSR count). The Morgan fingerprint density at radius 3 is 2.20 bits per heavy atom. The number of urea groups is 1. The number of carbonyl (C=O) groups excluding carboxylic acids is 3. The van der Waals surface area contributed by atoms with Crippen molar-refractivity contribution in [3.63, 3.8) is 0 Å². The molecule has 0 radical (unpaired) electrons. The van der Waals surface area contributed by atoms with Crippen LogP contribution in [0.5, 0.6) is 0 Å². The summed E-state index contributed by atoms with van der Waals surface area (Å²) >= 11 is 0. The Morgan fingerprint density at radius 1 is 0.971 bits per heavy atom. The molecule has 0 aromatic carbocycles. The number of fused-ring (bicyclic) bond motifs is 1. The number of imide groups is 2. The lowest BCUT2D eigenvalue weighted by Gasteiger charge is -2.43. The van der Waals surface area contributed by atoms with Gasteiger partial charge in [0.25, 0.3) is 0 Å². The molecule has 2 heterocycles. The van der Waals surface area contributed by atoms with Crippen molar-refractivity contribution in [2.45, 2.75) is 117 Å². The van der Waals surface area contributed by atoms with Crippen LogP contribution in [0.4, 0.5) is 4.79 Å². The zero-order valence-corrected chi connectivity index (χ0v) is 24.0. The Bertz CT molecular complexity index is 822. The highest BCUT2D eigenvalue weighted by atomic mass is 28.3. The molecular weight excluding hydrogens is 456 g/mol. The average molecular weight is 505 g/mol. The lowest BCUT2D eigenvalue weighted by Crippen LogP contribution is -2.55. The molecule has 0 aromatic rings. The van der Waals surface area contributed by atoms with E-state index in [9.17, 15) is 14.4 Å². The highest BCUT2D eigenvalue weighted by Crippen LogP contribution is 2.49. The van der Waals surface area contributed by atoms with E-state index in [0.717, 1.165) is 31.7 Å². The molecule has 0 bridgehead atoms. The topological polar surface area (TPSA) is 70.2 Å². The second-order valence-corrected chi connectivity index (χ2v) is 18.0. The molecule has 2 saturated heterocycles. The van der Waals surface area contributed by atoms with E-state index < -0.39 is 14.1 Å². The number of barbiturate groups is 1. The number of ether oxygens (including phenoxy) is 1. The van der Waals surface area contributed by atoms with Crippen LogP contribution in [0.3, 0.4) is 0 Å². The standard InChI is InChI=1S/C28H48N2O4Si/c1-8-35(6,7)19-11-18-30-24(32)20-23(31)29(26(30)33)17-10-15-27(2,3)28(4,5)16-14-21-12-9-13-22-25(21)34-22/h8,21-22,25H,1,9-20H2,2-7H3. The first kappa shape index (κ1) is 28.1. The van der Waals surface area contributed by atoms with E-state index in [1.807, 2.05) is 5.70 Å². The van der Waals surface area contributed by atoms with Crippen LogP contribution in [0.15, 0.2) is 12.3 Å². The number of carbonyl (C=O) groups is 3. The maximum absolute atomic E-state index is 13.0. The molecule has 0 aromatic heterocycles. The Kier molecular flexibility index (Phi) is 8.73. The number of rotatable bonds is 13. The normalized spacial score (nSPS) is 25.7. The van der Waals surface area contributed by atoms with Gasteiger partial charge in [-0.1, -0.05) is 53.3 Å². The van der Waals surface area contributed by atoms with Gasteiger partial charge in [0.05, 0.1) is 20.3 Å². The lowest BCUT2D eigenvalue weighted by atomic mass is 9.62. The van der Waals surface area contributed by atoms with Crippen molar-refractivity contribution in [3.05, 3.63) is 12.3 Å². The SMILES string of the molecule is C=C[Si](C)(C)CCCN1C(=O)CC(=O)N(CCCC(C)(C)C(C)(C)CCC2CCCC3OC23)C1=O.